The van der Waals surface area contributed by atoms with Crippen LogP contribution >= 0.6 is 0 Å². The van der Waals surface area contributed by atoms with Gasteiger partial charge in [0.2, 0.25) is 0 Å². The van der Waals surface area contributed by atoms with Gasteiger partial charge in [-0.3, -0.25) is 0 Å². The molecule has 0 spiro atoms. The van der Waals surface area contributed by atoms with Crippen LogP contribution in [0.15, 0.2) is 48.5 Å². The molecule has 1 atom stereocenters. The molecule has 0 aliphatic heterocycles. The van der Waals surface area contributed by atoms with Crippen molar-refractivity contribution in [2.24, 2.45) is 0 Å². The molecule has 1 heteroatoms. The second-order valence-corrected chi connectivity index (χ2v) is 4.11. The molecule has 2 aromatic carbocycles. The zero-order chi connectivity index (χ0) is 11.5. The first-order valence-electron chi connectivity index (χ1n) is 5.48. The van der Waals surface area contributed by atoms with Gasteiger partial charge in [-0.25, -0.2) is 4.39 Å². The summed E-state index contributed by atoms with van der Waals surface area (Å²) in [6, 6.07) is 15.9. The zero-order valence-corrected chi connectivity index (χ0v) is 9.57. The largest absolute Gasteiger partial charge is 0.243 e. The van der Waals surface area contributed by atoms with E-state index in [9.17, 15) is 4.39 Å². The lowest BCUT2D eigenvalue weighted by Crippen LogP contribution is -1.86. The van der Waals surface area contributed by atoms with Crippen molar-refractivity contribution in [1.29, 1.82) is 0 Å². The lowest BCUT2D eigenvalue weighted by Gasteiger charge is -2.06. The summed E-state index contributed by atoms with van der Waals surface area (Å²) >= 11 is 0. The molecule has 2 aromatic rings. The van der Waals surface area contributed by atoms with Crippen molar-refractivity contribution in [3.63, 3.8) is 0 Å². The molecule has 16 heavy (non-hydrogen) atoms. The van der Waals surface area contributed by atoms with Crippen LogP contribution in [0.5, 0.6) is 0 Å². The molecule has 0 amide bonds. The van der Waals surface area contributed by atoms with Gasteiger partial charge in [0, 0.05) is 0 Å². The van der Waals surface area contributed by atoms with Gasteiger partial charge in [0.05, 0.1) is 0 Å². The molecule has 0 radical (unpaired) electrons. The Morgan fingerprint density at radius 2 is 1.62 bits per heavy atom. The Balaban J connectivity index is 2.40. The third-order valence-electron chi connectivity index (χ3n) is 2.73. The SMILES string of the molecule is Cc1ccc(-c2cccc(C(C)F)c2)cc1. The summed E-state index contributed by atoms with van der Waals surface area (Å²) in [6.45, 7) is 3.62. The number of aryl methyl sites for hydroxylation is 1. The molecule has 0 nitrogen and oxygen atoms in total. The van der Waals surface area contributed by atoms with E-state index >= 15 is 0 Å². The van der Waals surface area contributed by atoms with Crippen molar-refractivity contribution >= 4 is 0 Å². The average Bonchev–Trinajstić information content (AvgIpc) is 2.30. The fourth-order valence-electron chi connectivity index (χ4n) is 1.71. The fourth-order valence-corrected chi connectivity index (χ4v) is 1.71. The maximum Gasteiger partial charge on any atom is 0.122 e. The number of alkyl halides is 1. The Labute approximate surface area is 95.7 Å². The molecule has 0 fully saturated rings. The highest BCUT2D eigenvalue weighted by molar-refractivity contribution is 5.64. The minimum Gasteiger partial charge on any atom is -0.243 e. The van der Waals surface area contributed by atoms with Gasteiger partial charge in [0.15, 0.2) is 0 Å². The second kappa shape index (κ2) is 4.48. The molecule has 0 aromatic heterocycles. The van der Waals surface area contributed by atoms with Gasteiger partial charge in [-0.1, -0.05) is 48.0 Å². The van der Waals surface area contributed by atoms with E-state index < -0.39 is 6.17 Å². The molecule has 0 heterocycles. The van der Waals surface area contributed by atoms with Gasteiger partial charge in [-0.15, -0.1) is 0 Å². The topological polar surface area (TPSA) is 0 Å². The van der Waals surface area contributed by atoms with Crippen LogP contribution in [0.25, 0.3) is 11.1 Å². The van der Waals surface area contributed by atoms with Gasteiger partial charge >= 0.3 is 0 Å². The van der Waals surface area contributed by atoms with E-state index in [-0.39, 0.29) is 0 Å². The lowest BCUT2D eigenvalue weighted by atomic mass is 10.0. The van der Waals surface area contributed by atoms with Crippen molar-refractivity contribution in [2.45, 2.75) is 20.0 Å². The molecule has 0 saturated carbocycles. The summed E-state index contributed by atoms with van der Waals surface area (Å²) < 4.78 is 13.2. The highest BCUT2D eigenvalue weighted by Gasteiger charge is 2.04. The van der Waals surface area contributed by atoms with E-state index in [0.717, 1.165) is 16.7 Å². The van der Waals surface area contributed by atoms with Crippen LogP contribution in [0, 0.1) is 6.92 Å². The van der Waals surface area contributed by atoms with E-state index in [1.807, 2.05) is 24.3 Å². The predicted octanol–water partition coefficient (Wildman–Crippen LogP) is 4.69. The fraction of sp³-hybridized carbons (Fsp3) is 0.200. The molecule has 82 valence electrons. The summed E-state index contributed by atoms with van der Waals surface area (Å²) in [5.74, 6) is 0. The van der Waals surface area contributed by atoms with Crippen LogP contribution in [0.2, 0.25) is 0 Å². The molecule has 0 bridgehead atoms. The molecule has 2 rings (SSSR count). The lowest BCUT2D eigenvalue weighted by molar-refractivity contribution is 0.374. The first-order chi connectivity index (χ1) is 7.66. The van der Waals surface area contributed by atoms with Crippen LogP contribution in [-0.4, -0.2) is 0 Å². The number of benzene rings is 2. The number of rotatable bonds is 2. The number of hydrogen-bond donors (Lipinski definition) is 0. The van der Waals surface area contributed by atoms with Crippen LogP contribution in [-0.2, 0) is 0 Å². The second-order valence-electron chi connectivity index (χ2n) is 4.11. The molecule has 0 aliphatic carbocycles. The Bertz CT molecular complexity index is 469. The normalized spacial score (nSPS) is 12.4. The highest BCUT2D eigenvalue weighted by atomic mass is 19.1. The zero-order valence-electron chi connectivity index (χ0n) is 9.57. The van der Waals surface area contributed by atoms with Crippen molar-refractivity contribution < 1.29 is 4.39 Å². The minimum absolute atomic E-state index is 0.734. The monoisotopic (exact) mass is 214 g/mol. The maximum atomic E-state index is 13.2. The van der Waals surface area contributed by atoms with Gasteiger partial charge < -0.3 is 0 Å². The van der Waals surface area contributed by atoms with Crippen LogP contribution in [0.4, 0.5) is 4.39 Å². The van der Waals surface area contributed by atoms with Gasteiger partial charge in [0.25, 0.3) is 0 Å². The summed E-state index contributed by atoms with van der Waals surface area (Å²) in [7, 11) is 0. The summed E-state index contributed by atoms with van der Waals surface area (Å²) in [6.07, 6.45) is -0.912. The number of hydrogen-bond acceptors (Lipinski definition) is 0. The van der Waals surface area contributed by atoms with Gasteiger partial charge in [-0.05, 0) is 36.6 Å². The smallest absolute Gasteiger partial charge is 0.122 e. The van der Waals surface area contributed by atoms with E-state index in [1.54, 1.807) is 6.92 Å². The van der Waals surface area contributed by atoms with E-state index in [2.05, 4.69) is 31.2 Å². The van der Waals surface area contributed by atoms with Crippen LogP contribution in [0.3, 0.4) is 0 Å². The number of halogens is 1. The molecule has 0 aliphatic rings. The molecule has 1 unspecified atom stereocenters. The van der Waals surface area contributed by atoms with Crippen molar-refractivity contribution in [2.75, 3.05) is 0 Å². The van der Waals surface area contributed by atoms with E-state index in [4.69, 9.17) is 0 Å². The van der Waals surface area contributed by atoms with E-state index in [0.29, 0.717) is 0 Å². The van der Waals surface area contributed by atoms with Crippen molar-refractivity contribution in [3.8, 4) is 11.1 Å². The first kappa shape index (κ1) is 10.9. The Hall–Kier alpha value is -1.63. The Kier molecular flexibility index (Phi) is 3.04. The van der Waals surface area contributed by atoms with E-state index in [1.165, 1.54) is 5.56 Å². The van der Waals surface area contributed by atoms with Gasteiger partial charge in [-0.2, -0.15) is 0 Å². The summed E-state index contributed by atoms with van der Waals surface area (Å²) in [5, 5.41) is 0. The standard InChI is InChI=1S/C15H15F/c1-11-6-8-13(9-7-11)15-5-3-4-14(10-15)12(2)16/h3-10,12H,1-2H3. The van der Waals surface area contributed by atoms with Gasteiger partial charge in [0.1, 0.15) is 6.17 Å². The molecular formula is C15H15F. The quantitative estimate of drug-likeness (QED) is 0.680. The van der Waals surface area contributed by atoms with Crippen molar-refractivity contribution in [3.05, 3.63) is 59.7 Å². The molecule has 0 N–H and O–H groups in total. The van der Waals surface area contributed by atoms with Crippen molar-refractivity contribution in [1.82, 2.24) is 0 Å². The highest BCUT2D eigenvalue weighted by Crippen LogP contribution is 2.24. The molecule has 0 saturated heterocycles. The summed E-state index contributed by atoms with van der Waals surface area (Å²) in [5.41, 5.74) is 4.17. The van der Waals surface area contributed by atoms with Crippen LogP contribution in [0.1, 0.15) is 24.2 Å². The Morgan fingerprint density at radius 1 is 0.938 bits per heavy atom. The summed E-state index contributed by atoms with van der Waals surface area (Å²) in [4.78, 5) is 0. The third-order valence-corrected chi connectivity index (χ3v) is 2.73. The predicted molar refractivity (Wildman–Crippen MR) is 66.1 cm³/mol. The molecular weight excluding hydrogens is 199 g/mol. The Morgan fingerprint density at radius 3 is 2.25 bits per heavy atom. The average molecular weight is 214 g/mol. The first-order valence-corrected chi connectivity index (χ1v) is 5.48. The third kappa shape index (κ3) is 2.30. The van der Waals surface area contributed by atoms with Crippen LogP contribution < -0.4 is 0 Å². The maximum absolute atomic E-state index is 13.2. The minimum atomic E-state index is -0.912.